The summed E-state index contributed by atoms with van der Waals surface area (Å²) in [5.41, 5.74) is 1.43. The van der Waals surface area contributed by atoms with Gasteiger partial charge in [-0.3, -0.25) is 4.79 Å². The third kappa shape index (κ3) is 3.32. The fourth-order valence-corrected chi connectivity index (χ4v) is 2.71. The van der Waals surface area contributed by atoms with Gasteiger partial charge in [-0.05, 0) is 24.4 Å². The van der Waals surface area contributed by atoms with Crippen molar-refractivity contribution in [3.8, 4) is 0 Å². The molecule has 1 amide bonds. The molecule has 0 aliphatic carbocycles. The van der Waals surface area contributed by atoms with Gasteiger partial charge in [0, 0.05) is 23.0 Å². The fraction of sp³-hybridized carbons (Fsp3) is 0.105. The maximum absolute atomic E-state index is 12.2. The van der Waals surface area contributed by atoms with Crippen LogP contribution in [-0.4, -0.2) is 38.1 Å². The lowest BCUT2D eigenvalue weighted by Gasteiger charge is -2.08. The quantitative estimate of drug-likeness (QED) is 0.561. The van der Waals surface area contributed by atoms with Gasteiger partial charge in [0.25, 0.3) is 17.5 Å². The Bertz CT molecular complexity index is 1160. The van der Waals surface area contributed by atoms with E-state index in [0.29, 0.717) is 11.5 Å². The van der Waals surface area contributed by atoms with Crippen LogP contribution < -0.4 is 5.32 Å². The highest BCUT2D eigenvalue weighted by molar-refractivity contribution is 6.03. The highest BCUT2D eigenvalue weighted by Crippen LogP contribution is 2.22. The molecule has 2 aromatic carbocycles. The van der Waals surface area contributed by atoms with Crippen LogP contribution in [0.1, 0.15) is 16.3 Å². The lowest BCUT2D eigenvalue weighted by atomic mass is 10.1. The van der Waals surface area contributed by atoms with Gasteiger partial charge in [-0.2, -0.15) is 4.98 Å². The lowest BCUT2D eigenvalue weighted by molar-refractivity contribution is -0.119. The third-order valence-electron chi connectivity index (χ3n) is 4.01. The van der Waals surface area contributed by atoms with Gasteiger partial charge >= 0.3 is 5.97 Å². The Morgan fingerprint density at radius 1 is 1.11 bits per heavy atom. The number of rotatable bonds is 4. The van der Waals surface area contributed by atoms with Crippen molar-refractivity contribution in [1.29, 1.82) is 0 Å². The van der Waals surface area contributed by atoms with Gasteiger partial charge in [-0.25, -0.2) is 14.3 Å². The molecule has 0 spiro atoms. The van der Waals surface area contributed by atoms with Crippen LogP contribution in [0.15, 0.2) is 54.7 Å². The Morgan fingerprint density at radius 2 is 1.93 bits per heavy atom. The molecule has 0 aliphatic rings. The van der Waals surface area contributed by atoms with Crippen molar-refractivity contribution in [1.82, 2.24) is 19.6 Å². The van der Waals surface area contributed by atoms with Crippen LogP contribution in [-0.2, 0) is 9.53 Å². The van der Waals surface area contributed by atoms with Gasteiger partial charge in [0.1, 0.15) is 0 Å². The number of carbonyl (C=O) groups excluding carboxylic acids is 2. The van der Waals surface area contributed by atoms with Crippen LogP contribution >= 0.6 is 0 Å². The van der Waals surface area contributed by atoms with Crippen molar-refractivity contribution in [3.63, 3.8) is 0 Å². The number of nitrogens with zero attached hydrogens (tertiary/aromatic N) is 4. The summed E-state index contributed by atoms with van der Waals surface area (Å²) in [4.78, 5) is 32.3. The number of hydrogen-bond donors (Lipinski definition) is 1. The number of nitrogens with one attached hydrogen (secondary N) is 1. The monoisotopic (exact) mass is 361 g/mol. The van der Waals surface area contributed by atoms with Crippen LogP contribution in [0, 0.1) is 6.92 Å². The summed E-state index contributed by atoms with van der Waals surface area (Å²) in [6, 6.07) is 15.0. The molecular weight excluding hydrogens is 346 g/mol. The molecule has 0 aliphatic heterocycles. The Balaban J connectivity index is 1.44. The fourth-order valence-electron chi connectivity index (χ4n) is 2.71. The normalized spacial score (nSPS) is 10.9. The van der Waals surface area contributed by atoms with Gasteiger partial charge in [-0.15, -0.1) is 5.10 Å². The van der Waals surface area contributed by atoms with Crippen molar-refractivity contribution in [2.75, 3.05) is 11.9 Å². The van der Waals surface area contributed by atoms with Crippen molar-refractivity contribution < 1.29 is 14.3 Å². The van der Waals surface area contributed by atoms with E-state index in [1.807, 2.05) is 43.3 Å². The number of ether oxygens (including phenoxy) is 1. The van der Waals surface area contributed by atoms with Crippen LogP contribution in [0.4, 0.5) is 5.69 Å². The first-order valence-corrected chi connectivity index (χ1v) is 8.25. The molecule has 8 heteroatoms. The topological polar surface area (TPSA) is 98.5 Å². The highest BCUT2D eigenvalue weighted by atomic mass is 16.5. The number of aryl methyl sites for hydroxylation is 1. The number of fused-ring (bicyclic) bond motifs is 2. The number of esters is 1. The standard InChI is InChI=1S/C19H15N5O3/c1-12-9-10-20-19-22-17(23-24(12)19)18(26)27-11-16(25)21-15-8-4-6-13-5-2-3-7-14(13)15/h2-10H,11H2,1H3,(H,21,25). The first-order valence-electron chi connectivity index (χ1n) is 8.25. The maximum atomic E-state index is 12.2. The van der Waals surface area contributed by atoms with E-state index in [9.17, 15) is 9.59 Å². The molecule has 2 heterocycles. The minimum atomic E-state index is -0.784. The second-order valence-corrected chi connectivity index (χ2v) is 5.88. The van der Waals surface area contributed by atoms with Crippen LogP contribution in [0.3, 0.4) is 0 Å². The number of benzene rings is 2. The van der Waals surface area contributed by atoms with Gasteiger partial charge in [0.05, 0.1) is 0 Å². The Morgan fingerprint density at radius 3 is 2.78 bits per heavy atom. The molecule has 0 saturated carbocycles. The van der Waals surface area contributed by atoms with E-state index >= 15 is 0 Å². The summed E-state index contributed by atoms with van der Waals surface area (Å²) in [6.45, 7) is 1.38. The van der Waals surface area contributed by atoms with E-state index in [0.717, 1.165) is 16.5 Å². The van der Waals surface area contributed by atoms with Crippen LogP contribution in [0.25, 0.3) is 16.6 Å². The van der Waals surface area contributed by atoms with E-state index in [1.54, 1.807) is 18.3 Å². The summed E-state index contributed by atoms with van der Waals surface area (Å²) in [7, 11) is 0. The average Bonchev–Trinajstić information content (AvgIpc) is 3.12. The number of hydrogen-bond acceptors (Lipinski definition) is 6. The predicted octanol–water partition coefficient (Wildman–Crippen LogP) is 2.38. The van der Waals surface area contributed by atoms with Gasteiger partial charge < -0.3 is 10.1 Å². The summed E-state index contributed by atoms with van der Waals surface area (Å²) in [6.07, 6.45) is 1.58. The molecule has 4 rings (SSSR count). The average molecular weight is 361 g/mol. The molecule has 0 atom stereocenters. The Kier molecular flexibility index (Phi) is 4.21. The van der Waals surface area contributed by atoms with E-state index in [-0.39, 0.29) is 5.82 Å². The minimum absolute atomic E-state index is 0.144. The van der Waals surface area contributed by atoms with Crippen molar-refractivity contribution >= 4 is 34.1 Å². The maximum Gasteiger partial charge on any atom is 0.378 e. The predicted molar refractivity (Wildman–Crippen MR) is 98.4 cm³/mol. The minimum Gasteiger partial charge on any atom is -0.450 e. The largest absolute Gasteiger partial charge is 0.450 e. The third-order valence-corrected chi connectivity index (χ3v) is 4.01. The summed E-state index contributed by atoms with van der Waals surface area (Å²) >= 11 is 0. The van der Waals surface area contributed by atoms with Gasteiger partial charge in [0.2, 0.25) is 0 Å². The SMILES string of the molecule is Cc1ccnc2nc(C(=O)OCC(=O)Nc3cccc4ccccc34)nn12. The molecule has 0 radical (unpaired) electrons. The molecule has 0 unspecified atom stereocenters. The highest BCUT2D eigenvalue weighted by Gasteiger charge is 2.17. The smallest absolute Gasteiger partial charge is 0.378 e. The zero-order valence-electron chi connectivity index (χ0n) is 14.4. The number of aromatic nitrogens is 4. The molecule has 0 saturated heterocycles. The molecule has 0 bridgehead atoms. The first kappa shape index (κ1) is 16.6. The second-order valence-electron chi connectivity index (χ2n) is 5.88. The van der Waals surface area contributed by atoms with Gasteiger partial charge in [0.15, 0.2) is 6.61 Å². The first-order chi connectivity index (χ1) is 13.1. The number of amides is 1. The van der Waals surface area contributed by atoms with E-state index in [1.165, 1.54) is 4.52 Å². The van der Waals surface area contributed by atoms with E-state index in [4.69, 9.17) is 4.74 Å². The number of anilines is 1. The molecule has 2 aromatic heterocycles. The summed E-state index contributed by atoms with van der Waals surface area (Å²) in [5, 5.41) is 8.71. The van der Waals surface area contributed by atoms with Crippen molar-refractivity contribution in [2.45, 2.75) is 6.92 Å². The zero-order valence-corrected chi connectivity index (χ0v) is 14.4. The van der Waals surface area contributed by atoms with Crippen LogP contribution in [0.2, 0.25) is 0 Å². The molecular formula is C19H15N5O3. The Labute approximate surface area is 153 Å². The summed E-state index contributed by atoms with van der Waals surface area (Å²) in [5.74, 6) is -1.08. The Hall–Kier alpha value is -3.81. The molecule has 8 nitrogen and oxygen atoms in total. The molecule has 4 aromatic rings. The van der Waals surface area contributed by atoms with Gasteiger partial charge in [-0.1, -0.05) is 36.4 Å². The summed E-state index contributed by atoms with van der Waals surface area (Å²) < 4.78 is 6.46. The zero-order chi connectivity index (χ0) is 18.8. The lowest BCUT2D eigenvalue weighted by Crippen LogP contribution is -2.21. The molecule has 134 valence electrons. The van der Waals surface area contributed by atoms with E-state index in [2.05, 4.69) is 20.4 Å². The second kappa shape index (κ2) is 6.83. The van der Waals surface area contributed by atoms with Crippen molar-refractivity contribution in [2.24, 2.45) is 0 Å². The van der Waals surface area contributed by atoms with E-state index < -0.39 is 18.5 Å². The van der Waals surface area contributed by atoms with Crippen LogP contribution in [0.5, 0.6) is 0 Å². The molecule has 27 heavy (non-hydrogen) atoms. The molecule has 0 fully saturated rings. The van der Waals surface area contributed by atoms with Crippen molar-refractivity contribution in [3.05, 3.63) is 66.2 Å². The molecule has 1 N–H and O–H groups in total. The number of carbonyl (C=O) groups is 2.